The maximum atomic E-state index is 11.9. The molecule has 11 heteroatoms. The molecule has 1 aromatic carbocycles. The van der Waals surface area contributed by atoms with Crippen LogP contribution in [0.3, 0.4) is 0 Å². The van der Waals surface area contributed by atoms with Gasteiger partial charge in [-0.1, -0.05) is 19.9 Å². The molecule has 1 heterocycles. The molecule has 0 unspecified atom stereocenters. The summed E-state index contributed by atoms with van der Waals surface area (Å²) in [6.45, 7) is 3.45. The number of halogens is 2. The minimum Gasteiger partial charge on any atom is -0.439 e. The Morgan fingerprint density at radius 3 is 2.40 bits per heavy atom. The average Bonchev–Trinajstić information content (AvgIpc) is 2.67. The predicted octanol–water partition coefficient (Wildman–Crippen LogP) is 1.85. The van der Waals surface area contributed by atoms with Gasteiger partial charge >= 0.3 is 0 Å². The molecular formula is C19H25Cl2N5O4. The van der Waals surface area contributed by atoms with Crippen LogP contribution in [-0.2, 0) is 9.59 Å². The van der Waals surface area contributed by atoms with Crippen molar-refractivity contribution in [3.8, 4) is 11.6 Å². The molecule has 1 aromatic heterocycles. The standard InChI is InChI=1S/C19H23N5O4.2ClH/c1-11(2)17(20)19(27)23-10-15(25)24-13-6-7-16(22-9-13)28-14-5-3-4-12(8-14)18(21)26;;/h3-9,11,17H,10,20H2,1-2H3,(H2,21,26)(H,23,27)(H,24,25);2*1H/t17-;;/m0../s1. The second kappa shape index (κ2) is 12.6. The van der Waals surface area contributed by atoms with Crippen LogP contribution in [0.2, 0.25) is 0 Å². The van der Waals surface area contributed by atoms with E-state index in [1.807, 2.05) is 13.8 Å². The van der Waals surface area contributed by atoms with Crippen LogP contribution in [0.1, 0.15) is 24.2 Å². The summed E-state index contributed by atoms with van der Waals surface area (Å²) in [5.74, 6) is -0.693. The third-order valence-corrected chi connectivity index (χ3v) is 3.81. The highest BCUT2D eigenvalue weighted by Gasteiger charge is 2.17. The van der Waals surface area contributed by atoms with Gasteiger partial charge in [0.15, 0.2) is 0 Å². The fraction of sp³-hybridized carbons (Fsp3) is 0.263. The fourth-order valence-corrected chi connectivity index (χ4v) is 2.14. The van der Waals surface area contributed by atoms with Gasteiger partial charge in [-0.2, -0.15) is 0 Å². The van der Waals surface area contributed by atoms with Crippen LogP contribution in [-0.4, -0.2) is 35.3 Å². The van der Waals surface area contributed by atoms with E-state index in [2.05, 4.69) is 15.6 Å². The Balaban J connectivity index is 0.00000420. The average molecular weight is 458 g/mol. The fourth-order valence-electron chi connectivity index (χ4n) is 2.14. The summed E-state index contributed by atoms with van der Waals surface area (Å²) >= 11 is 0. The SMILES string of the molecule is CC(C)[C@H](N)C(=O)NCC(=O)Nc1ccc(Oc2cccc(C(N)=O)c2)nc1.Cl.Cl. The monoisotopic (exact) mass is 457 g/mol. The molecule has 3 amide bonds. The first-order valence-corrected chi connectivity index (χ1v) is 8.63. The highest BCUT2D eigenvalue weighted by atomic mass is 35.5. The number of benzene rings is 1. The lowest BCUT2D eigenvalue weighted by atomic mass is 10.1. The number of aromatic nitrogens is 1. The normalized spacial score (nSPS) is 10.8. The zero-order chi connectivity index (χ0) is 20.7. The van der Waals surface area contributed by atoms with Crippen LogP contribution < -0.4 is 26.8 Å². The van der Waals surface area contributed by atoms with Crippen molar-refractivity contribution in [1.29, 1.82) is 0 Å². The zero-order valence-electron chi connectivity index (χ0n) is 16.5. The second-order valence-electron chi connectivity index (χ2n) is 6.42. The molecule has 2 rings (SSSR count). The van der Waals surface area contributed by atoms with E-state index >= 15 is 0 Å². The number of primary amides is 1. The van der Waals surface area contributed by atoms with Crippen molar-refractivity contribution >= 4 is 48.2 Å². The molecule has 0 radical (unpaired) electrons. The lowest BCUT2D eigenvalue weighted by Crippen LogP contribution is -2.46. The van der Waals surface area contributed by atoms with E-state index in [-0.39, 0.29) is 49.1 Å². The topological polar surface area (TPSA) is 149 Å². The van der Waals surface area contributed by atoms with Crippen molar-refractivity contribution in [1.82, 2.24) is 10.3 Å². The van der Waals surface area contributed by atoms with Gasteiger partial charge in [0.1, 0.15) is 5.75 Å². The molecule has 6 N–H and O–H groups in total. The number of carbonyl (C=O) groups excluding carboxylic acids is 3. The lowest BCUT2D eigenvalue weighted by molar-refractivity contribution is -0.125. The van der Waals surface area contributed by atoms with E-state index in [9.17, 15) is 14.4 Å². The third-order valence-electron chi connectivity index (χ3n) is 3.81. The van der Waals surface area contributed by atoms with E-state index in [0.717, 1.165) is 0 Å². The van der Waals surface area contributed by atoms with Gasteiger partial charge < -0.3 is 26.8 Å². The minimum absolute atomic E-state index is 0. The van der Waals surface area contributed by atoms with Crippen LogP contribution in [0.25, 0.3) is 0 Å². The number of nitrogens with zero attached hydrogens (tertiary/aromatic N) is 1. The quantitative estimate of drug-likeness (QED) is 0.474. The van der Waals surface area contributed by atoms with Crippen LogP contribution in [0, 0.1) is 5.92 Å². The molecule has 1 atom stereocenters. The summed E-state index contributed by atoms with van der Waals surface area (Å²) < 4.78 is 5.55. The van der Waals surface area contributed by atoms with Crippen molar-refractivity contribution in [2.24, 2.45) is 17.4 Å². The van der Waals surface area contributed by atoms with Crippen molar-refractivity contribution < 1.29 is 19.1 Å². The molecular weight excluding hydrogens is 433 g/mol. The number of nitrogens with two attached hydrogens (primary N) is 2. The van der Waals surface area contributed by atoms with Crippen molar-refractivity contribution in [3.05, 3.63) is 48.2 Å². The van der Waals surface area contributed by atoms with E-state index in [1.54, 1.807) is 30.3 Å². The van der Waals surface area contributed by atoms with Gasteiger partial charge in [0.05, 0.1) is 24.5 Å². The number of hydrogen-bond acceptors (Lipinski definition) is 6. The van der Waals surface area contributed by atoms with Gasteiger partial charge in [0.2, 0.25) is 23.6 Å². The Morgan fingerprint density at radius 1 is 1.13 bits per heavy atom. The minimum atomic E-state index is -0.668. The van der Waals surface area contributed by atoms with Crippen LogP contribution in [0.15, 0.2) is 42.6 Å². The number of pyridine rings is 1. The Bertz CT molecular complexity index is 862. The van der Waals surface area contributed by atoms with Gasteiger partial charge in [-0.05, 0) is 30.2 Å². The number of amides is 3. The lowest BCUT2D eigenvalue weighted by Gasteiger charge is -2.15. The number of rotatable bonds is 8. The largest absolute Gasteiger partial charge is 0.439 e. The first kappa shape index (κ1) is 27.1. The molecule has 0 fully saturated rings. The maximum absolute atomic E-state index is 11.9. The van der Waals surface area contributed by atoms with Crippen molar-refractivity contribution in [2.45, 2.75) is 19.9 Å². The molecule has 9 nitrogen and oxygen atoms in total. The van der Waals surface area contributed by atoms with Crippen LogP contribution in [0.5, 0.6) is 11.6 Å². The van der Waals surface area contributed by atoms with E-state index in [1.165, 1.54) is 12.3 Å². The Kier molecular flexibility index (Phi) is 11.4. The summed E-state index contributed by atoms with van der Waals surface area (Å²) in [7, 11) is 0. The van der Waals surface area contributed by atoms with Gasteiger partial charge in [-0.25, -0.2) is 4.98 Å². The number of carbonyl (C=O) groups is 3. The van der Waals surface area contributed by atoms with Crippen LogP contribution in [0.4, 0.5) is 5.69 Å². The molecule has 164 valence electrons. The Labute approximate surface area is 186 Å². The Morgan fingerprint density at radius 2 is 1.83 bits per heavy atom. The molecule has 2 aromatic rings. The number of anilines is 1. The third kappa shape index (κ3) is 8.24. The van der Waals surface area contributed by atoms with E-state index in [4.69, 9.17) is 16.2 Å². The molecule has 30 heavy (non-hydrogen) atoms. The van der Waals surface area contributed by atoms with Crippen molar-refractivity contribution in [3.63, 3.8) is 0 Å². The summed E-state index contributed by atoms with van der Waals surface area (Å²) in [4.78, 5) is 39.0. The molecule has 0 saturated heterocycles. The molecule has 0 aliphatic heterocycles. The molecule has 0 spiro atoms. The molecule has 0 saturated carbocycles. The number of hydrogen-bond donors (Lipinski definition) is 4. The highest BCUT2D eigenvalue weighted by molar-refractivity contribution is 5.95. The second-order valence-corrected chi connectivity index (χ2v) is 6.42. The first-order valence-electron chi connectivity index (χ1n) is 8.63. The molecule has 0 bridgehead atoms. The molecule has 0 aliphatic carbocycles. The summed E-state index contributed by atoms with van der Waals surface area (Å²) in [5.41, 5.74) is 11.7. The summed E-state index contributed by atoms with van der Waals surface area (Å²) in [5, 5.41) is 5.09. The van der Waals surface area contributed by atoms with Gasteiger partial charge in [-0.15, -0.1) is 24.8 Å². The van der Waals surface area contributed by atoms with Gasteiger partial charge in [-0.3, -0.25) is 14.4 Å². The number of nitrogens with one attached hydrogen (secondary N) is 2. The summed E-state index contributed by atoms with van der Waals surface area (Å²) in [6, 6.07) is 8.87. The van der Waals surface area contributed by atoms with Crippen molar-refractivity contribution in [2.75, 3.05) is 11.9 Å². The smallest absolute Gasteiger partial charge is 0.248 e. The first-order chi connectivity index (χ1) is 13.3. The van der Waals surface area contributed by atoms with E-state index in [0.29, 0.717) is 17.0 Å². The number of ether oxygens (including phenoxy) is 1. The maximum Gasteiger partial charge on any atom is 0.248 e. The predicted molar refractivity (Wildman–Crippen MR) is 118 cm³/mol. The van der Waals surface area contributed by atoms with E-state index < -0.39 is 17.9 Å². The van der Waals surface area contributed by atoms with Gasteiger partial charge in [0.25, 0.3) is 0 Å². The molecule has 0 aliphatic rings. The summed E-state index contributed by atoms with van der Waals surface area (Å²) in [6.07, 6.45) is 1.41. The van der Waals surface area contributed by atoms with Crippen LogP contribution >= 0.6 is 24.8 Å². The Hall–Kier alpha value is -2.88. The zero-order valence-corrected chi connectivity index (χ0v) is 18.1. The highest BCUT2D eigenvalue weighted by Crippen LogP contribution is 2.21. The van der Waals surface area contributed by atoms with Gasteiger partial charge in [0, 0.05) is 11.6 Å².